The van der Waals surface area contributed by atoms with Crippen LogP contribution in [0.15, 0.2) is 35.9 Å². The molecular formula is C21H31N3O2. The van der Waals surface area contributed by atoms with Crippen molar-refractivity contribution in [2.45, 2.75) is 64.8 Å². The van der Waals surface area contributed by atoms with Crippen LogP contribution in [0, 0.1) is 0 Å². The summed E-state index contributed by atoms with van der Waals surface area (Å²) in [6, 6.07) is 6.73. The predicted molar refractivity (Wildman–Crippen MR) is 106 cm³/mol. The molecule has 0 fully saturated rings. The molecule has 1 aliphatic carbocycles. The van der Waals surface area contributed by atoms with Gasteiger partial charge < -0.3 is 16.0 Å². The molecule has 0 spiro atoms. The van der Waals surface area contributed by atoms with E-state index in [4.69, 9.17) is 0 Å². The third-order valence-corrected chi connectivity index (χ3v) is 4.86. The van der Waals surface area contributed by atoms with Crippen LogP contribution in [0.3, 0.4) is 0 Å². The predicted octanol–water partition coefficient (Wildman–Crippen LogP) is 4.62. The summed E-state index contributed by atoms with van der Waals surface area (Å²) in [5, 5.41) is 8.69. The molecule has 0 saturated carbocycles. The number of allylic oxidation sites excluding steroid dienone is 1. The lowest BCUT2D eigenvalue weighted by Crippen LogP contribution is -2.42. The lowest BCUT2D eigenvalue weighted by atomic mass is 9.97. The highest BCUT2D eigenvalue weighted by Gasteiger charge is 2.18. The van der Waals surface area contributed by atoms with E-state index >= 15 is 0 Å². The van der Waals surface area contributed by atoms with Crippen molar-refractivity contribution in [3.05, 3.63) is 41.5 Å². The van der Waals surface area contributed by atoms with Crippen molar-refractivity contribution in [3.63, 3.8) is 0 Å². The van der Waals surface area contributed by atoms with Crippen molar-refractivity contribution in [1.82, 2.24) is 10.6 Å². The van der Waals surface area contributed by atoms with E-state index in [1.54, 1.807) is 24.3 Å². The Balaban J connectivity index is 1.78. The van der Waals surface area contributed by atoms with Crippen molar-refractivity contribution < 1.29 is 9.59 Å². The van der Waals surface area contributed by atoms with Gasteiger partial charge in [0.2, 0.25) is 0 Å². The van der Waals surface area contributed by atoms with Crippen LogP contribution in [-0.4, -0.2) is 24.0 Å². The van der Waals surface area contributed by atoms with Crippen LogP contribution in [-0.2, 0) is 0 Å². The molecule has 142 valence electrons. The minimum absolute atomic E-state index is 0.103. The second-order valence-corrected chi connectivity index (χ2v) is 7.51. The van der Waals surface area contributed by atoms with Gasteiger partial charge in [-0.1, -0.05) is 18.6 Å². The van der Waals surface area contributed by atoms with Crippen molar-refractivity contribution in [2.24, 2.45) is 0 Å². The number of hydrogen-bond donors (Lipinski definition) is 3. The molecule has 5 heteroatoms. The Hall–Kier alpha value is -2.30. The van der Waals surface area contributed by atoms with Gasteiger partial charge in [-0.2, -0.15) is 0 Å². The van der Waals surface area contributed by atoms with Gasteiger partial charge in [0, 0.05) is 23.3 Å². The number of amides is 3. The molecule has 0 bridgehead atoms. The van der Waals surface area contributed by atoms with Crippen molar-refractivity contribution in [1.29, 1.82) is 0 Å². The van der Waals surface area contributed by atoms with E-state index in [2.05, 4.69) is 22.0 Å². The quantitative estimate of drug-likeness (QED) is 0.623. The fourth-order valence-electron chi connectivity index (χ4n) is 2.82. The Bertz CT molecular complexity index is 648. The van der Waals surface area contributed by atoms with Gasteiger partial charge in [0.05, 0.1) is 0 Å². The van der Waals surface area contributed by atoms with Gasteiger partial charge in [-0.25, -0.2) is 4.79 Å². The topological polar surface area (TPSA) is 70.2 Å². The van der Waals surface area contributed by atoms with Gasteiger partial charge in [0.15, 0.2) is 0 Å². The molecule has 0 radical (unpaired) electrons. The Morgan fingerprint density at radius 1 is 1.12 bits per heavy atom. The van der Waals surface area contributed by atoms with Crippen LogP contribution in [0.25, 0.3) is 0 Å². The first kappa shape index (κ1) is 20.0. The SMILES string of the molecule is CCC(C)(C)NC(=O)c1ccc(NC(=O)NCCC2=CCCCC2)cc1. The fourth-order valence-corrected chi connectivity index (χ4v) is 2.82. The Labute approximate surface area is 156 Å². The van der Waals surface area contributed by atoms with E-state index in [1.165, 1.54) is 18.4 Å². The minimum Gasteiger partial charge on any atom is -0.347 e. The molecular weight excluding hydrogens is 326 g/mol. The highest BCUT2D eigenvalue weighted by atomic mass is 16.2. The summed E-state index contributed by atoms with van der Waals surface area (Å²) in [4.78, 5) is 24.2. The molecule has 0 aliphatic heterocycles. The lowest BCUT2D eigenvalue weighted by Gasteiger charge is -2.24. The van der Waals surface area contributed by atoms with E-state index in [9.17, 15) is 9.59 Å². The molecule has 3 amide bonds. The van der Waals surface area contributed by atoms with Crippen LogP contribution in [0.2, 0.25) is 0 Å². The summed E-state index contributed by atoms with van der Waals surface area (Å²) in [6.07, 6.45) is 8.93. The normalized spacial score (nSPS) is 14.3. The second kappa shape index (κ2) is 9.41. The van der Waals surface area contributed by atoms with E-state index < -0.39 is 0 Å². The fraction of sp³-hybridized carbons (Fsp3) is 0.524. The van der Waals surface area contributed by atoms with Crippen LogP contribution in [0.5, 0.6) is 0 Å². The number of rotatable bonds is 7. The van der Waals surface area contributed by atoms with Crippen molar-refractivity contribution in [2.75, 3.05) is 11.9 Å². The van der Waals surface area contributed by atoms with Gasteiger partial charge in [0.25, 0.3) is 5.91 Å². The first-order valence-corrected chi connectivity index (χ1v) is 9.55. The maximum Gasteiger partial charge on any atom is 0.319 e. The monoisotopic (exact) mass is 357 g/mol. The number of anilines is 1. The van der Waals surface area contributed by atoms with E-state index in [-0.39, 0.29) is 17.5 Å². The van der Waals surface area contributed by atoms with Crippen molar-refractivity contribution in [3.8, 4) is 0 Å². The largest absolute Gasteiger partial charge is 0.347 e. The maximum atomic E-state index is 12.2. The number of benzene rings is 1. The molecule has 0 heterocycles. The zero-order valence-corrected chi connectivity index (χ0v) is 16.2. The average Bonchev–Trinajstić information content (AvgIpc) is 2.63. The molecule has 2 rings (SSSR count). The summed E-state index contributed by atoms with van der Waals surface area (Å²) < 4.78 is 0. The molecule has 0 saturated heterocycles. The summed E-state index contributed by atoms with van der Waals surface area (Å²) in [6.45, 7) is 6.67. The highest BCUT2D eigenvalue weighted by molar-refractivity contribution is 5.95. The Morgan fingerprint density at radius 2 is 1.85 bits per heavy atom. The molecule has 5 nitrogen and oxygen atoms in total. The Kier molecular flexibility index (Phi) is 7.25. The van der Waals surface area contributed by atoms with Crippen molar-refractivity contribution >= 4 is 17.6 Å². The number of carbonyl (C=O) groups excluding carboxylic acids is 2. The van der Waals surface area contributed by atoms with E-state index in [0.717, 1.165) is 25.7 Å². The second-order valence-electron chi connectivity index (χ2n) is 7.51. The molecule has 1 aromatic rings. The maximum absolute atomic E-state index is 12.2. The van der Waals surface area contributed by atoms with Crippen LogP contribution in [0.1, 0.15) is 69.7 Å². The molecule has 26 heavy (non-hydrogen) atoms. The van der Waals surface area contributed by atoms with Crippen LogP contribution < -0.4 is 16.0 Å². The highest BCUT2D eigenvalue weighted by Crippen LogP contribution is 2.19. The summed E-state index contributed by atoms with van der Waals surface area (Å²) in [5.41, 5.74) is 2.47. The molecule has 1 aliphatic rings. The zero-order valence-electron chi connectivity index (χ0n) is 16.2. The van der Waals surface area contributed by atoms with Crippen LogP contribution in [0.4, 0.5) is 10.5 Å². The van der Waals surface area contributed by atoms with Crippen LogP contribution >= 0.6 is 0 Å². The summed E-state index contributed by atoms with van der Waals surface area (Å²) in [7, 11) is 0. The van der Waals surface area contributed by atoms with E-state index in [1.807, 2.05) is 20.8 Å². The standard InChI is InChI=1S/C21H31N3O2/c1-4-21(2,3)24-19(25)17-10-12-18(13-11-17)23-20(26)22-15-14-16-8-6-5-7-9-16/h8,10-13H,4-7,9,14-15H2,1-3H3,(H,24,25)(H2,22,23,26). The number of nitrogens with one attached hydrogen (secondary N) is 3. The number of carbonyl (C=O) groups is 2. The zero-order chi connectivity index (χ0) is 19.0. The number of hydrogen-bond acceptors (Lipinski definition) is 2. The lowest BCUT2D eigenvalue weighted by molar-refractivity contribution is 0.0911. The number of urea groups is 1. The smallest absolute Gasteiger partial charge is 0.319 e. The molecule has 0 unspecified atom stereocenters. The summed E-state index contributed by atoms with van der Waals surface area (Å²) in [5.74, 6) is -0.103. The van der Waals surface area contributed by atoms with Gasteiger partial charge in [-0.15, -0.1) is 0 Å². The van der Waals surface area contributed by atoms with Gasteiger partial charge in [-0.05, 0) is 76.6 Å². The molecule has 0 atom stereocenters. The molecule has 3 N–H and O–H groups in total. The van der Waals surface area contributed by atoms with Gasteiger partial charge in [0.1, 0.15) is 0 Å². The first-order valence-electron chi connectivity index (χ1n) is 9.55. The third kappa shape index (κ3) is 6.54. The van der Waals surface area contributed by atoms with E-state index in [0.29, 0.717) is 17.8 Å². The summed E-state index contributed by atoms with van der Waals surface area (Å²) >= 11 is 0. The minimum atomic E-state index is -0.234. The van der Waals surface area contributed by atoms with Gasteiger partial charge >= 0.3 is 6.03 Å². The molecule has 0 aromatic heterocycles. The molecule has 1 aromatic carbocycles. The first-order chi connectivity index (χ1) is 12.4. The Morgan fingerprint density at radius 3 is 2.46 bits per heavy atom. The average molecular weight is 357 g/mol. The third-order valence-electron chi connectivity index (χ3n) is 4.86. The van der Waals surface area contributed by atoms with Gasteiger partial charge in [-0.3, -0.25) is 4.79 Å².